The molecule has 0 atom stereocenters. The summed E-state index contributed by atoms with van der Waals surface area (Å²) in [6.07, 6.45) is -4.61. The highest BCUT2D eigenvalue weighted by Gasteiger charge is 2.28. The van der Waals surface area contributed by atoms with Gasteiger partial charge in [0.2, 0.25) is 0 Å². The molecule has 11 heteroatoms. The Kier molecular flexibility index (Phi) is 5.69. The van der Waals surface area contributed by atoms with Crippen molar-refractivity contribution in [3.63, 3.8) is 0 Å². The fourth-order valence-electron chi connectivity index (χ4n) is 1.29. The first-order valence-electron chi connectivity index (χ1n) is 5.54. The first-order valence-corrected chi connectivity index (χ1v) is 5.92. The molecule has 0 radical (unpaired) electrons. The van der Waals surface area contributed by atoms with E-state index in [0.29, 0.717) is 0 Å². The van der Waals surface area contributed by atoms with E-state index >= 15 is 0 Å². The molecule has 22 heavy (non-hydrogen) atoms. The van der Waals surface area contributed by atoms with Crippen molar-refractivity contribution in [3.05, 3.63) is 38.9 Å². The first kappa shape index (κ1) is 17.7. The summed E-state index contributed by atoms with van der Waals surface area (Å²) in [6.45, 7) is -2.60. The number of ether oxygens (including phenoxy) is 1. The van der Waals surface area contributed by atoms with Gasteiger partial charge in [0.1, 0.15) is 12.1 Å². The molecule has 1 amide bonds. The van der Waals surface area contributed by atoms with Gasteiger partial charge in [0.05, 0.1) is 4.92 Å². The lowest BCUT2D eigenvalue weighted by Crippen LogP contribution is -2.36. The van der Waals surface area contributed by atoms with Crippen LogP contribution in [0.4, 0.5) is 18.9 Å². The molecule has 0 aliphatic rings. The average molecular weight is 341 g/mol. The van der Waals surface area contributed by atoms with E-state index in [0.717, 1.165) is 12.1 Å². The van der Waals surface area contributed by atoms with Crippen LogP contribution in [0.1, 0.15) is 10.4 Å². The summed E-state index contributed by atoms with van der Waals surface area (Å²) < 4.78 is 40.0. The van der Waals surface area contributed by atoms with Crippen molar-refractivity contribution in [1.29, 1.82) is 0 Å². The molecule has 120 valence electrons. The van der Waals surface area contributed by atoms with Gasteiger partial charge in [-0.2, -0.15) is 13.2 Å². The third-order valence-electron chi connectivity index (χ3n) is 2.20. The fraction of sp³-hybridized carbons (Fsp3) is 0.273. The molecular weight excluding hydrogens is 333 g/mol. The van der Waals surface area contributed by atoms with Crippen LogP contribution in [0.2, 0.25) is 5.02 Å². The van der Waals surface area contributed by atoms with Crippen molar-refractivity contribution in [2.24, 2.45) is 0 Å². The third-order valence-corrected chi connectivity index (χ3v) is 2.43. The summed E-state index contributed by atoms with van der Waals surface area (Å²) in [5.74, 6) is -2.45. The highest BCUT2D eigenvalue weighted by Crippen LogP contribution is 2.23. The van der Waals surface area contributed by atoms with Crippen molar-refractivity contribution in [2.45, 2.75) is 6.18 Å². The Labute approximate surface area is 126 Å². The number of alkyl halides is 3. The third kappa shape index (κ3) is 5.56. The number of amides is 1. The standard InChI is InChI=1S/C11H8ClF3N2O5/c12-6-1-2-8(17(20)21)7(3-6)10(19)22-4-9(18)16-5-11(13,14)15/h1-3H,4-5H2,(H,16,18). The van der Waals surface area contributed by atoms with Crippen LogP contribution in [0.15, 0.2) is 18.2 Å². The van der Waals surface area contributed by atoms with Crippen LogP contribution >= 0.6 is 11.6 Å². The quantitative estimate of drug-likeness (QED) is 0.502. The van der Waals surface area contributed by atoms with Crippen molar-refractivity contribution in [3.8, 4) is 0 Å². The molecule has 1 aromatic rings. The largest absolute Gasteiger partial charge is 0.452 e. The summed E-state index contributed by atoms with van der Waals surface area (Å²) in [5, 5.41) is 12.2. The van der Waals surface area contributed by atoms with Gasteiger partial charge in [-0.05, 0) is 12.1 Å². The van der Waals surface area contributed by atoms with E-state index in [1.807, 2.05) is 0 Å². The molecule has 0 unspecified atom stereocenters. The Balaban J connectivity index is 2.68. The second kappa shape index (κ2) is 7.07. The minimum Gasteiger partial charge on any atom is -0.452 e. The van der Waals surface area contributed by atoms with E-state index in [1.165, 1.54) is 11.4 Å². The van der Waals surface area contributed by atoms with Crippen LogP contribution in [0.3, 0.4) is 0 Å². The molecule has 0 bridgehead atoms. The van der Waals surface area contributed by atoms with E-state index in [4.69, 9.17) is 11.6 Å². The molecule has 0 aliphatic carbocycles. The summed E-state index contributed by atoms with van der Waals surface area (Å²) >= 11 is 5.59. The van der Waals surface area contributed by atoms with Gasteiger partial charge in [-0.15, -0.1) is 0 Å². The van der Waals surface area contributed by atoms with Crippen LogP contribution in [0.5, 0.6) is 0 Å². The average Bonchev–Trinajstić information content (AvgIpc) is 2.41. The van der Waals surface area contributed by atoms with Crippen molar-refractivity contribution in [1.82, 2.24) is 5.32 Å². The molecule has 1 N–H and O–H groups in total. The van der Waals surface area contributed by atoms with E-state index in [1.54, 1.807) is 0 Å². The Morgan fingerprint density at radius 3 is 2.55 bits per heavy atom. The normalized spacial score (nSPS) is 10.9. The van der Waals surface area contributed by atoms with E-state index in [9.17, 15) is 32.9 Å². The van der Waals surface area contributed by atoms with E-state index in [2.05, 4.69) is 4.74 Å². The van der Waals surface area contributed by atoms with Crippen LogP contribution in [-0.4, -0.2) is 36.1 Å². The predicted octanol–water partition coefficient (Wildman–Crippen LogP) is 2.08. The molecule has 0 fully saturated rings. The van der Waals surface area contributed by atoms with E-state index < -0.39 is 47.4 Å². The molecule has 0 spiro atoms. The predicted molar refractivity (Wildman–Crippen MR) is 67.5 cm³/mol. The first-order chi connectivity index (χ1) is 10.1. The van der Waals surface area contributed by atoms with Crippen molar-refractivity contribution in [2.75, 3.05) is 13.2 Å². The fourth-order valence-corrected chi connectivity index (χ4v) is 1.46. The van der Waals surface area contributed by atoms with Crippen LogP contribution in [0, 0.1) is 10.1 Å². The molecule has 7 nitrogen and oxygen atoms in total. The minimum atomic E-state index is -4.61. The number of halogens is 4. The zero-order valence-corrected chi connectivity index (χ0v) is 11.4. The van der Waals surface area contributed by atoms with Gasteiger partial charge < -0.3 is 10.1 Å². The van der Waals surface area contributed by atoms with Crippen LogP contribution in [0.25, 0.3) is 0 Å². The molecule has 0 saturated carbocycles. The highest BCUT2D eigenvalue weighted by molar-refractivity contribution is 6.31. The van der Waals surface area contributed by atoms with Crippen molar-refractivity contribution >= 4 is 29.2 Å². The summed E-state index contributed by atoms with van der Waals surface area (Å²) in [6, 6.07) is 3.09. The number of carbonyl (C=O) groups excluding carboxylic acids is 2. The van der Waals surface area contributed by atoms with Gasteiger partial charge in [-0.3, -0.25) is 14.9 Å². The van der Waals surface area contributed by atoms with Crippen LogP contribution < -0.4 is 5.32 Å². The Morgan fingerprint density at radius 2 is 2.00 bits per heavy atom. The number of rotatable bonds is 5. The number of benzene rings is 1. The van der Waals surface area contributed by atoms with Gasteiger partial charge >= 0.3 is 12.1 Å². The molecular formula is C11H8ClF3N2O5. The molecule has 1 aromatic carbocycles. The summed E-state index contributed by atoms with van der Waals surface area (Å²) in [5.41, 5.74) is -1.12. The molecule has 0 heterocycles. The zero-order valence-electron chi connectivity index (χ0n) is 10.6. The number of hydrogen-bond donors (Lipinski definition) is 1. The lowest BCUT2D eigenvalue weighted by Gasteiger charge is -2.09. The second-order valence-electron chi connectivity index (χ2n) is 3.89. The SMILES string of the molecule is O=C(COC(=O)c1cc(Cl)ccc1[N+](=O)[O-])NCC(F)(F)F. The minimum absolute atomic E-state index is 0.0130. The lowest BCUT2D eigenvalue weighted by atomic mass is 10.2. The number of hydrogen-bond acceptors (Lipinski definition) is 5. The topological polar surface area (TPSA) is 98.5 Å². The molecule has 0 saturated heterocycles. The van der Waals surface area contributed by atoms with Crippen molar-refractivity contribution < 1.29 is 32.4 Å². The monoisotopic (exact) mass is 340 g/mol. The Bertz CT molecular complexity index is 606. The Hall–Kier alpha value is -2.36. The lowest BCUT2D eigenvalue weighted by molar-refractivity contribution is -0.385. The number of nitro benzene ring substituents is 1. The second-order valence-corrected chi connectivity index (χ2v) is 4.32. The van der Waals surface area contributed by atoms with Gasteiger partial charge in [0.25, 0.3) is 11.6 Å². The van der Waals surface area contributed by atoms with Crippen LogP contribution in [-0.2, 0) is 9.53 Å². The summed E-state index contributed by atoms with van der Waals surface area (Å²) in [7, 11) is 0. The maximum atomic E-state index is 11.9. The maximum Gasteiger partial charge on any atom is 0.405 e. The number of nitrogens with one attached hydrogen (secondary N) is 1. The van der Waals surface area contributed by atoms with Gasteiger partial charge in [0.15, 0.2) is 6.61 Å². The maximum absolute atomic E-state index is 11.9. The molecule has 0 aromatic heterocycles. The van der Waals surface area contributed by atoms with Gasteiger partial charge in [0, 0.05) is 11.1 Å². The van der Waals surface area contributed by atoms with Gasteiger partial charge in [-0.25, -0.2) is 4.79 Å². The zero-order chi connectivity index (χ0) is 16.9. The molecule has 1 rings (SSSR count). The number of nitro groups is 1. The Morgan fingerprint density at radius 1 is 1.36 bits per heavy atom. The summed E-state index contributed by atoms with van der Waals surface area (Å²) in [4.78, 5) is 32.6. The smallest absolute Gasteiger partial charge is 0.405 e. The number of carbonyl (C=O) groups is 2. The van der Waals surface area contributed by atoms with E-state index in [-0.39, 0.29) is 5.02 Å². The number of nitrogens with zero attached hydrogens (tertiary/aromatic N) is 1. The van der Waals surface area contributed by atoms with Gasteiger partial charge in [-0.1, -0.05) is 11.6 Å². The highest BCUT2D eigenvalue weighted by atomic mass is 35.5. The number of esters is 1. The molecule has 0 aliphatic heterocycles.